The standard InChI is InChI=1S/C16H19F3N4O/c17-12-7-13(21-8-20-12)22-9-5-10(6-9)23-14(24)15-4-2-1-3-11(15)16(15,18)19/h7-11H,1-6H2,(H,23,24)(H,20,21,22). The summed E-state index contributed by atoms with van der Waals surface area (Å²) in [7, 11) is 0. The van der Waals surface area contributed by atoms with Crippen LogP contribution in [0.4, 0.5) is 19.0 Å². The quantitative estimate of drug-likeness (QED) is 0.827. The maximum absolute atomic E-state index is 14.1. The highest BCUT2D eigenvalue weighted by Crippen LogP contribution is 2.72. The van der Waals surface area contributed by atoms with Gasteiger partial charge in [-0.2, -0.15) is 4.39 Å². The van der Waals surface area contributed by atoms with Crippen molar-refractivity contribution in [1.29, 1.82) is 0 Å². The number of carbonyl (C=O) groups excluding carboxylic acids is 1. The number of rotatable bonds is 4. The minimum absolute atomic E-state index is 0.0453. The molecule has 24 heavy (non-hydrogen) atoms. The van der Waals surface area contributed by atoms with Crippen molar-refractivity contribution in [3.8, 4) is 0 Å². The van der Waals surface area contributed by atoms with Gasteiger partial charge in [0.1, 0.15) is 17.6 Å². The monoisotopic (exact) mass is 340 g/mol. The van der Waals surface area contributed by atoms with Gasteiger partial charge in [0.15, 0.2) is 0 Å². The van der Waals surface area contributed by atoms with Gasteiger partial charge in [-0.1, -0.05) is 12.8 Å². The van der Waals surface area contributed by atoms with E-state index in [0.717, 1.165) is 12.7 Å². The molecule has 1 aromatic heterocycles. The van der Waals surface area contributed by atoms with Gasteiger partial charge in [-0.15, -0.1) is 0 Å². The lowest BCUT2D eigenvalue weighted by Crippen LogP contribution is -2.52. The molecular weight excluding hydrogens is 321 g/mol. The fraction of sp³-hybridized carbons (Fsp3) is 0.688. The molecule has 0 bridgehead atoms. The van der Waals surface area contributed by atoms with Gasteiger partial charge in [-0.3, -0.25) is 4.79 Å². The number of carbonyl (C=O) groups is 1. The molecule has 0 aliphatic heterocycles. The number of nitrogens with one attached hydrogen (secondary N) is 2. The van der Waals surface area contributed by atoms with Gasteiger partial charge in [0, 0.05) is 24.1 Å². The van der Waals surface area contributed by atoms with Crippen LogP contribution in [0.2, 0.25) is 0 Å². The normalized spacial score (nSPS) is 36.2. The van der Waals surface area contributed by atoms with Gasteiger partial charge in [0.25, 0.3) is 5.92 Å². The summed E-state index contributed by atoms with van der Waals surface area (Å²) < 4.78 is 41.1. The lowest BCUT2D eigenvalue weighted by atomic mass is 9.84. The second kappa shape index (κ2) is 5.32. The van der Waals surface area contributed by atoms with Gasteiger partial charge < -0.3 is 10.6 Å². The summed E-state index contributed by atoms with van der Waals surface area (Å²) in [6.07, 6.45) is 4.55. The van der Waals surface area contributed by atoms with Gasteiger partial charge >= 0.3 is 0 Å². The molecule has 0 aromatic carbocycles. The first-order valence-corrected chi connectivity index (χ1v) is 8.36. The second-order valence-electron chi connectivity index (χ2n) is 7.10. The van der Waals surface area contributed by atoms with Gasteiger partial charge in [-0.25, -0.2) is 18.7 Å². The van der Waals surface area contributed by atoms with Crippen molar-refractivity contribution < 1.29 is 18.0 Å². The maximum Gasteiger partial charge on any atom is 0.266 e. The molecule has 0 spiro atoms. The molecule has 1 aromatic rings. The van der Waals surface area contributed by atoms with Crippen molar-refractivity contribution in [3.63, 3.8) is 0 Å². The number of hydrogen-bond acceptors (Lipinski definition) is 4. The van der Waals surface area contributed by atoms with Gasteiger partial charge in [-0.05, 0) is 25.7 Å². The van der Waals surface area contributed by atoms with Crippen LogP contribution in [0, 0.1) is 17.3 Å². The third kappa shape index (κ3) is 2.26. The fourth-order valence-corrected chi connectivity index (χ4v) is 4.27. The minimum atomic E-state index is -2.85. The van der Waals surface area contributed by atoms with Crippen molar-refractivity contribution in [2.75, 3.05) is 5.32 Å². The Morgan fingerprint density at radius 2 is 2.00 bits per heavy atom. The van der Waals surface area contributed by atoms with E-state index >= 15 is 0 Å². The number of anilines is 1. The van der Waals surface area contributed by atoms with E-state index in [9.17, 15) is 18.0 Å². The number of nitrogens with zero attached hydrogens (tertiary/aromatic N) is 2. The Bertz CT molecular complexity index is 664. The Balaban J connectivity index is 1.30. The summed E-state index contributed by atoms with van der Waals surface area (Å²) in [6, 6.07) is 1.13. The van der Waals surface area contributed by atoms with E-state index in [1.165, 1.54) is 6.07 Å². The predicted octanol–water partition coefficient (Wildman–Crippen LogP) is 2.50. The van der Waals surface area contributed by atoms with E-state index in [2.05, 4.69) is 20.6 Å². The molecule has 3 aliphatic rings. The van der Waals surface area contributed by atoms with Crippen LogP contribution in [0.3, 0.4) is 0 Å². The molecule has 4 rings (SSSR count). The van der Waals surface area contributed by atoms with Gasteiger partial charge in [0.05, 0.1) is 0 Å². The molecule has 130 valence electrons. The maximum atomic E-state index is 14.1. The van der Waals surface area contributed by atoms with Crippen LogP contribution in [0.25, 0.3) is 0 Å². The Morgan fingerprint density at radius 3 is 2.71 bits per heavy atom. The van der Waals surface area contributed by atoms with E-state index in [1.54, 1.807) is 0 Å². The van der Waals surface area contributed by atoms with Crippen molar-refractivity contribution in [2.24, 2.45) is 11.3 Å². The summed E-state index contributed by atoms with van der Waals surface area (Å²) in [4.78, 5) is 19.7. The third-order valence-electron chi connectivity index (χ3n) is 5.72. The molecule has 2 atom stereocenters. The first-order valence-electron chi connectivity index (χ1n) is 8.36. The molecular formula is C16H19F3N4O. The number of hydrogen-bond donors (Lipinski definition) is 2. The number of halogens is 3. The zero-order valence-electron chi connectivity index (χ0n) is 13.1. The zero-order valence-corrected chi connectivity index (χ0v) is 13.1. The van der Waals surface area contributed by atoms with Crippen LogP contribution in [0.1, 0.15) is 38.5 Å². The highest BCUT2D eigenvalue weighted by Gasteiger charge is 2.84. The summed E-state index contributed by atoms with van der Waals surface area (Å²) in [5.41, 5.74) is -1.46. The summed E-state index contributed by atoms with van der Waals surface area (Å²) in [6.45, 7) is 0. The molecule has 8 heteroatoms. The van der Waals surface area contributed by atoms with Crippen LogP contribution in [0.5, 0.6) is 0 Å². The summed E-state index contributed by atoms with van der Waals surface area (Å²) in [5.74, 6) is -4.36. The predicted molar refractivity (Wildman–Crippen MR) is 79.9 cm³/mol. The second-order valence-corrected chi connectivity index (χ2v) is 7.10. The smallest absolute Gasteiger partial charge is 0.266 e. The number of aromatic nitrogens is 2. The van der Waals surface area contributed by atoms with E-state index in [0.29, 0.717) is 31.5 Å². The molecule has 5 nitrogen and oxygen atoms in total. The highest BCUT2D eigenvalue weighted by atomic mass is 19.3. The third-order valence-corrected chi connectivity index (χ3v) is 5.72. The molecule has 1 amide bonds. The lowest BCUT2D eigenvalue weighted by Gasteiger charge is -2.37. The SMILES string of the molecule is O=C(NC1CC(Nc2cc(F)ncn2)C1)C12CCCCC1C2(F)F. The minimum Gasteiger partial charge on any atom is -0.367 e. The molecule has 0 radical (unpaired) electrons. The number of fused-ring (bicyclic) bond motifs is 1. The molecule has 3 saturated carbocycles. The van der Waals surface area contributed by atoms with Crippen molar-refractivity contribution in [3.05, 3.63) is 18.3 Å². The largest absolute Gasteiger partial charge is 0.367 e. The molecule has 2 unspecified atom stereocenters. The Morgan fingerprint density at radius 1 is 1.21 bits per heavy atom. The molecule has 3 fully saturated rings. The van der Waals surface area contributed by atoms with Crippen LogP contribution < -0.4 is 10.6 Å². The molecule has 1 heterocycles. The molecule has 2 N–H and O–H groups in total. The highest BCUT2D eigenvalue weighted by molar-refractivity contribution is 5.88. The zero-order chi connectivity index (χ0) is 16.9. The topological polar surface area (TPSA) is 66.9 Å². The van der Waals surface area contributed by atoms with Crippen molar-refractivity contribution >= 4 is 11.7 Å². The number of alkyl halides is 2. The molecule has 0 saturated heterocycles. The van der Waals surface area contributed by atoms with Crippen LogP contribution in [-0.2, 0) is 4.79 Å². The van der Waals surface area contributed by atoms with Crippen LogP contribution >= 0.6 is 0 Å². The Labute approximate surface area is 137 Å². The van der Waals surface area contributed by atoms with Crippen molar-refractivity contribution in [2.45, 2.75) is 56.5 Å². The fourth-order valence-electron chi connectivity index (χ4n) is 4.27. The average molecular weight is 340 g/mol. The van der Waals surface area contributed by atoms with Crippen LogP contribution in [0.15, 0.2) is 12.4 Å². The van der Waals surface area contributed by atoms with E-state index < -0.39 is 29.1 Å². The van der Waals surface area contributed by atoms with E-state index in [-0.39, 0.29) is 18.5 Å². The Kier molecular flexibility index (Phi) is 3.47. The first-order chi connectivity index (χ1) is 11.4. The van der Waals surface area contributed by atoms with E-state index in [4.69, 9.17) is 0 Å². The van der Waals surface area contributed by atoms with Gasteiger partial charge in [0.2, 0.25) is 11.9 Å². The summed E-state index contributed by atoms with van der Waals surface area (Å²) >= 11 is 0. The average Bonchev–Trinajstić information content (AvgIpc) is 3.03. The van der Waals surface area contributed by atoms with E-state index in [1.807, 2.05) is 0 Å². The van der Waals surface area contributed by atoms with Crippen LogP contribution in [-0.4, -0.2) is 33.9 Å². The van der Waals surface area contributed by atoms with Crippen molar-refractivity contribution in [1.82, 2.24) is 15.3 Å². The Hall–Kier alpha value is -1.86. The lowest BCUT2D eigenvalue weighted by molar-refractivity contribution is -0.132. The first kappa shape index (κ1) is 15.7. The molecule has 3 aliphatic carbocycles. The summed E-state index contributed by atoms with van der Waals surface area (Å²) in [5, 5.41) is 5.83. The number of amides is 1.